The summed E-state index contributed by atoms with van der Waals surface area (Å²) in [5.74, 6) is 0. The molecule has 2 aromatic heterocycles. The fourth-order valence-corrected chi connectivity index (χ4v) is 1.28. The maximum Gasteiger partial charge on any atom is 0.101 e. The van der Waals surface area contributed by atoms with Gasteiger partial charge in [-0.3, -0.25) is 4.98 Å². The minimum Gasteiger partial charge on any atom is -0.390 e. The van der Waals surface area contributed by atoms with Gasteiger partial charge in [-0.25, -0.2) is 0 Å². The van der Waals surface area contributed by atoms with Crippen LogP contribution in [0.4, 0.5) is 0 Å². The van der Waals surface area contributed by atoms with Crippen LogP contribution in [0.5, 0.6) is 0 Å². The van der Waals surface area contributed by atoms with Crippen LogP contribution < -0.4 is 0 Å². The summed E-state index contributed by atoms with van der Waals surface area (Å²) in [4.78, 5) is 6.85. The van der Waals surface area contributed by atoms with Crippen molar-refractivity contribution in [2.24, 2.45) is 0 Å². The second kappa shape index (κ2) is 2.88. The summed E-state index contributed by atoms with van der Waals surface area (Å²) in [6, 6.07) is 3.80. The first-order valence-corrected chi connectivity index (χ1v) is 3.81. The average Bonchev–Trinajstić information content (AvgIpc) is 2.59. The molecule has 0 aromatic carbocycles. The van der Waals surface area contributed by atoms with Gasteiger partial charge < -0.3 is 10.1 Å². The fraction of sp³-hybridized carbons (Fsp3) is 0.111. The quantitative estimate of drug-likeness (QED) is 0.673. The van der Waals surface area contributed by atoms with E-state index in [9.17, 15) is 0 Å². The third-order valence-corrected chi connectivity index (χ3v) is 1.89. The first-order valence-electron chi connectivity index (χ1n) is 3.81. The molecule has 0 spiro atoms. The Hall–Kier alpha value is -1.86. The van der Waals surface area contributed by atoms with Gasteiger partial charge in [0.1, 0.15) is 6.07 Å². The van der Waals surface area contributed by atoms with Crippen molar-refractivity contribution < 1.29 is 5.11 Å². The second-order valence-electron chi connectivity index (χ2n) is 2.71. The maximum absolute atomic E-state index is 8.87. The molecule has 0 radical (unpaired) electrons. The van der Waals surface area contributed by atoms with E-state index in [1.165, 1.54) is 6.20 Å². The number of nitriles is 1. The zero-order valence-electron chi connectivity index (χ0n) is 6.78. The van der Waals surface area contributed by atoms with Crippen LogP contribution in [0.3, 0.4) is 0 Å². The summed E-state index contributed by atoms with van der Waals surface area (Å²) < 4.78 is 0. The van der Waals surface area contributed by atoms with Crippen molar-refractivity contribution in [2.75, 3.05) is 0 Å². The predicted octanol–water partition coefficient (Wildman–Crippen LogP) is 0.927. The van der Waals surface area contributed by atoms with Crippen LogP contribution in [0.15, 0.2) is 18.5 Å². The lowest BCUT2D eigenvalue weighted by molar-refractivity contribution is 0.278. The van der Waals surface area contributed by atoms with Gasteiger partial charge in [0.05, 0.1) is 23.9 Å². The smallest absolute Gasteiger partial charge is 0.101 e. The fourth-order valence-electron chi connectivity index (χ4n) is 1.28. The van der Waals surface area contributed by atoms with E-state index < -0.39 is 0 Å². The normalized spacial score (nSPS) is 10.2. The van der Waals surface area contributed by atoms with Gasteiger partial charge in [-0.05, 0) is 6.07 Å². The molecule has 2 heterocycles. The van der Waals surface area contributed by atoms with Gasteiger partial charge in [0.15, 0.2) is 0 Å². The highest BCUT2D eigenvalue weighted by atomic mass is 16.3. The molecule has 0 amide bonds. The van der Waals surface area contributed by atoms with Crippen LogP contribution in [-0.2, 0) is 6.61 Å². The van der Waals surface area contributed by atoms with E-state index in [0.29, 0.717) is 11.3 Å². The third-order valence-electron chi connectivity index (χ3n) is 1.89. The summed E-state index contributed by atoms with van der Waals surface area (Å²) in [5, 5.41) is 18.4. The van der Waals surface area contributed by atoms with Crippen molar-refractivity contribution in [3.63, 3.8) is 0 Å². The molecular formula is C9H7N3O. The van der Waals surface area contributed by atoms with Crippen molar-refractivity contribution in [2.45, 2.75) is 6.61 Å². The highest BCUT2D eigenvalue weighted by Gasteiger charge is 2.04. The molecule has 4 heteroatoms. The zero-order chi connectivity index (χ0) is 9.26. The third kappa shape index (κ3) is 1.15. The number of pyridine rings is 1. The molecule has 0 aliphatic rings. The number of hydrogen-bond donors (Lipinski definition) is 2. The van der Waals surface area contributed by atoms with Crippen LogP contribution >= 0.6 is 0 Å². The Morgan fingerprint density at radius 1 is 1.54 bits per heavy atom. The predicted molar refractivity (Wildman–Crippen MR) is 46.7 cm³/mol. The molecule has 4 nitrogen and oxygen atoms in total. The lowest BCUT2D eigenvalue weighted by atomic mass is 10.2. The van der Waals surface area contributed by atoms with Gasteiger partial charge in [-0.2, -0.15) is 5.26 Å². The lowest BCUT2D eigenvalue weighted by Crippen LogP contribution is -1.79. The van der Waals surface area contributed by atoms with Crippen molar-refractivity contribution in [3.8, 4) is 6.07 Å². The molecule has 0 saturated carbocycles. The van der Waals surface area contributed by atoms with Gasteiger partial charge >= 0.3 is 0 Å². The van der Waals surface area contributed by atoms with Crippen LogP contribution in [0.1, 0.15) is 11.3 Å². The van der Waals surface area contributed by atoms with Crippen LogP contribution in [-0.4, -0.2) is 15.1 Å². The summed E-state index contributed by atoms with van der Waals surface area (Å²) in [7, 11) is 0. The van der Waals surface area contributed by atoms with E-state index in [0.717, 1.165) is 10.9 Å². The number of nitrogens with zero attached hydrogens (tertiary/aromatic N) is 2. The summed E-state index contributed by atoms with van der Waals surface area (Å²) >= 11 is 0. The number of aromatic amines is 1. The summed E-state index contributed by atoms with van der Waals surface area (Å²) in [5.41, 5.74) is 2.00. The molecule has 2 N–H and O–H groups in total. The molecule has 0 saturated heterocycles. The zero-order valence-corrected chi connectivity index (χ0v) is 6.78. The van der Waals surface area contributed by atoms with Crippen LogP contribution in [0.25, 0.3) is 10.9 Å². The number of aliphatic hydroxyl groups is 1. The Morgan fingerprint density at radius 2 is 2.38 bits per heavy atom. The highest BCUT2D eigenvalue weighted by Crippen LogP contribution is 2.17. The van der Waals surface area contributed by atoms with Gasteiger partial charge in [0.25, 0.3) is 0 Å². The van der Waals surface area contributed by atoms with Gasteiger partial charge in [-0.1, -0.05) is 0 Å². The molecule has 0 aliphatic heterocycles. The Morgan fingerprint density at radius 3 is 3.08 bits per heavy atom. The van der Waals surface area contributed by atoms with Gasteiger partial charge in [-0.15, -0.1) is 0 Å². The average molecular weight is 173 g/mol. The molecule has 64 valence electrons. The van der Waals surface area contributed by atoms with E-state index >= 15 is 0 Å². The summed E-state index contributed by atoms with van der Waals surface area (Å²) in [6.45, 7) is -0.0560. The number of aliphatic hydroxyl groups excluding tert-OH is 1. The topological polar surface area (TPSA) is 72.7 Å². The summed E-state index contributed by atoms with van der Waals surface area (Å²) in [6.07, 6.45) is 3.15. The van der Waals surface area contributed by atoms with Crippen molar-refractivity contribution in [3.05, 3.63) is 29.7 Å². The number of aromatic nitrogens is 2. The Labute approximate surface area is 74.5 Å². The lowest BCUT2D eigenvalue weighted by Gasteiger charge is -1.89. The minimum atomic E-state index is -0.0560. The van der Waals surface area contributed by atoms with Crippen molar-refractivity contribution >= 4 is 10.9 Å². The molecule has 0 aliphatic carbocycles. The molecular weight excluding hydrogens is 166 g/mol. The molecule has 0 unspecified atom stereocenters. The molecule has 2 rings (SSSR count). The molecule has 13 heavy (non-hydrogen) atoms. The molecule has 0 atom stereocenters. The molecule has 2 aromatic rings. The van der Waals surface area contributed by atoms with Crippen molar-refractivity contribution in [1.82, 2.24) is 9.97 Å². The monoisotopic (exact) mass is 173 g/mol. The minimum absolute atomic E-state index is 0.0560. The number of H-pyrrole nitrogens is 1. The SMILES string of the molecule is N#Cc1cncc2[nH]c(CO)cc12. The van der Waals surface area contributed by atoms with E-state index in [1.807, 2.05) is 6.07 Å². The number of nitrogens with one attached hydrogen (secondary N) is 1. The molecule has 0 bridgehead atoms. The van der Waals surface area contributed by atoms with Crippen LogP contribution in [0.2, 0.25) is 0 Å². The number of fused-ring (bicyclic) bond motifs is 1. The number of rotatable bonds is 1. The number of hydrogen-bond acceptors (Lipinski definition) is 3. The molecule has 0 fully saturated rings. The second-order valence-corrected chi connectivity index (χ2v) is 2.71. The van der Waals surface area contributed by atoms with E-state index in [2.05, 4.69) is 9.97 Å². The van der Waals surface area contributed by atoms with Crippen molar-refractivity contribution in [1.29, 1.82) is 5.26 Å². The van der Waals surface area contributed by atoms with E-state index in [4.69, 9.17) is 10.4 Å². The first kappa shape index (κ1) is 7.77. The maximum atomic E-state index is 8.87. The Balaban J connectivity index is 2.76. The Bertz CT molecular complexity index is 481. The largest absolute Gasteiger partial charge is 0.390 e. The highest BCUT2D eigenvalue weighted by molar-refractivity contribution is 5.85. The first-order chi connectivity index (χ1) is 6.35. The van der Waals surface area contributed by atoms with Gasteiger partial charge in [0, 0.05) is 17.3 Å². The standard InChI is InChI=1S/C9H7N3O/c10-2-6-3-11-4-9-8(6)1-7(5-13)12-9/h1,3-4,12-13H,5H2. The Kier molecular flexibility index (Phi) is 1.72. The van der Waals surface area contributed by atoms with Crippen LogP contribution in [0, 0.1) is 11.3 Å². The van der Waals surface area contributed by atoms with Gasteiger partial charge in [0.2, 0.25) is 0 Å². The van der Waals surface area contributed by atoms with E-state index in [-0.39, 0.29) is 6.61 Å². The van der Waals surface area contributed by atoms with E-state index in [1.54, 1.807) is 12.3 Å².